The maximum atomic E-state index is 13.7. The first-order valence-electron chi connectivity index (χ1n) is 18.4. The second kappa shape index (κ2) is 20.7. The third-order valence-electron chi connectivity index (χ3n) is 9.49. The van der Waals surface area contributed by atoms with Gasteiger partial charge in [0.05, 0.1) is 31.5 Å². The molecule has 1 N–H and O–H groups in total. The van der Waals surface area contributed by atoms with Crippen molar-refractivity contribution in [3.8, 4) is 0 Å². The molecule has 0 aliphatic carbocycles. The van der Waals surface area contributed by atoms with Crippen LogP contribution in [0.3, 0.4) is 0 Å². The lowest BCUT2D eigenvalue weighted by atomic mass is 9.95. The maximum Gasteiger partial charge on any atom is 0.338 e. The zero-order chi connectivity index (χ0) is 40.9. The molecular weight excluding hydrogens is 754 g/mol. The van der Waals surface area contributed by atoms with Crippen LogP contribution in [0.5, 0.6) is 0 Å². The average Bonchev–Trinajstić information content (AvgIpc) is 3.27. The normalized spacial score (nSPS) is 26.7. The van der Waals surface area contributed by atoms with Crippen molar-refractivity contribution >= 4 is 17.9 Å². The molecule has 0 saturated carbocycles. The Hall–Kier alpha value is -5.68. The molecule has 2 fully saturated rings. The van der Waals surface area contributed by atoms with Gasteiger partial charge in [-0.05, 0) is 40.9 Å². The number of esters is 3. The van der Waals surface area contributed by atoms with Crippen molar-refractivity contribution in [2.45, 2.75) is 74.6 Å². The summed E-state index contributed by atoms with van der Waals surface area (Å²) in [7, 11) is 2.46. The number of ether oxygens (including phenoxy) is 9. The van der Waals surface area contributed by atoms with Gasteiger partial charge in [-0.2, -0.15) is 0 Å². The van der Waals surface area contributed by atoms with Crippen molar-refractivity contribution in [3.63, 3.8) is 0 Å². The van der Waals surface area contributed by atoms with Crippen molar-refractivity contribution in [1.29, 1.82) is 0 Å². The molecule has 58 heavy (non-hydrogen) atoms. The van der Waals surface area contributed by atoms with Crippen LogP contribution in [0.1, 0.15) is 31.8 Å². The summed E-state index contributed by atoms with van der Waals surface area (Å²) < 4.78 is 54.1. The lowest BCUT2D eigenvalue weighted by molar-refractivity contribution is -0.347. The quantitative estimate of drug-likeness (QED) is 0.0526. The van der Waals surface area contributed by atoms with Crippen LogP contribution in [0.2, 0.25) is 0 Å². The number of nitrogens with zero attached hydrogens (tertiary/aromatic N) is 3. The molecule has 0 spiro atoms. The number of benzene rings is 4. The molecule has 0 aromatic heterocycles. The van der Waals surface area contributed by atoms with Gasteiger partial charge >= 0.3 is 17.9 Å². The summed E-state index contributed by atoms with van der Waals surface area (Å²) in [5.74, 6) is -2.47. The van der Waals surface area contributed by atoms with Crippen molar-refractivity contribution < 1.29 is 62.1 Å². The van der Waals surface area contributed by atoms with E-state index < -0.39 is 85.9 Å². The molecule has 2 aliphatic heterocycles. The molecular formula is C42H43N3O13. The molecule has 6 rings (SSSR count). The van der Waals surface area contributed by atoms with Crippen molar-refractivity contribution in [3.05, 3.63) is 154 Å². The third kappa shape index (κ3) is 10.4. The summed E-state index contributed by atoms with van der Waals surface area (Å²) >= 11 is 0. The monoisotopic (exact) mass is 797 g/mol. The number of azide groups is 1. The predicted octanol–water partition coefficient (Wildman–Crippen LogP) is 4.93. The number of methoxy groups -OCH3 is 2. The van der Waals surface area contributed by atoms with Gasteiger partial charge in [-0.25, -0.2) is 14.4 Å². The van der Waals surface area contributed by atoms with Gasteiger partial charge in [0.25, 0.3) is 0 Å². The molecule has 0 amide bonds. The molecule has 4 aromatic rings. The first kappa shape index (κ1) is 41.9. The molecule has 4 aromatic carbocycles. The van der Waals surface area contributed by atoms with Crippen LogP contribution in [-0.4, -0.2) is 105 Å². The SMILES string of the molecule is COC(=O)[C@@H]1O[C@@H](O[C@H]2[C@H](OCc3ccccc3)[C@@H](N=[N+]=[N-])[C@@H](OC)O[C@@H]2COC(=O)c2ccccc2)[C@H](OC(=O)c2ccccc2)[C@@H](OCc2ccccc2)[C@@H]1O. The number of carbonyl (C=O) groups is 3. The van der Waals surface area contributed by atoms with E-state index in [0.717, 1.165) is 12.7 Å². The minimum absolute atomic E-state index is 0.0139. The Morgan fingerprint density at radius 3 is 1.76 bits per heavy atom. The molecule has 2 aliphatic rings. The Morgan fingerprint density at radius 2 is 1.22 bits per heavy atom. The lowest BCUT2D eigenvalue weighted by Crippen LogP contribution is -2.66. The summed E-state index contributed by atoms with van der Waals surface area (Å²) in [4.78, 5) is 43.1. The molecule has 10 atom stereocenters. The van der Waals surface area contributed by atoms with E-state index in [-0.39, 0.29) is 24.3 Å². The van der Waals surface area contributed by atoms with E-state index in [0.29, 0.717) is 5.56 Å². The Labute approximate surface area is 334 Å². The summed E-state index contributed by atoms with van der Waals surface area (Å²) in [6, 6.07) is 33.3. The van der Waals surface area contributed by atoms with Crippen molar-refractivity contribution in [2.24, 2.45) is 5.11 Å². The minimum atomic E-state index is -1.73. The zero-order valence-corrected chi connectivity index (χ0v) is 31.6. The zero-order valence-electron chi connectivity index (χ0n) is 31.6. The number of aliphatic hydroxyl groups is 1. The Bertz CT molecular complexity index is 1970. The fourth-order valence-electron chi connectivity index (χ4n) is 6.59. The van der Waals surface area contributed by atoms with Gasteiger partial charge in [-0.15, -0.1) is 0 Å². The fraction of sp³-hybridized carbons (Fsp3) is 0.357. The maximum absolute atomic E-state index is 13.7. The topological polar surface area (TPSA) is 203 Å². The van der Waals surface area contributed by atoms with Gasteiger partial charge in [0, 0.05) is 12.0 Å². The van der Waals surface area contributed by atoms with Crippen LogP contribution < -0.4 is 0 Å². The van der Waals surface area contributed by atoms with Gasteiger partial charge in [0.1, 0.15) is 43.2 Å². The number of hydrogen-bond donors (Lipinski definition) is 1. The first-order chi connectivity index (χ1) is 28.3. The molecule has 16 heteroatoms. The number of carbonyl (C=O) groups excluding carboxylic acids is 3. The standard InChI is InChI=1S/C42H43N3O13/c1-50-40(49)36-32(46)35(53-24-27-17-9-4-10-18-27)37(56-39(48)29-21-13-6-14-22-29)42(58-36)57-33-30(25-54-38(47)28-19-11-5-12-20-28)55-41(51-2)31(44-45-43)34(33)52-23-26-15-7-3-8-16-26/h3-22,30-37,41-42,46H,23-25H2,1-2H3/t30-,31-,32+,33-,34-,35+,36-,37-,41+,42-/m1/s1. The first-order valence-corrected chi connectivity index (χ1v) is 18.4. The fourth-order valence-corrected chi connectivity index (χ4v) is 6.59. The van der Waals surface area contributed by atoms with E-state index in [2.05, 4.69) is 10.0 Å². The van der Waals surface area contributed by atoms with E-state index in [1.54, 1.807) is 72.8 Å². The van der Waals surface area contributed by atoms with Crippen LogP contribution in [0.25, 0.3) is 10.4 Å². The highest BCUT2D eigenvalue weighted by atomic mass is 16.8. The highest BCUT2D eigenvalue weighted by Crippen LogP contribution is 2.35. The van der Waals surface area contributed by atoms with Gasteiger partial charge in [0.2, 0.25) is 0 Å². The third-order valence-corrected chi connectivity index (χ3v) is 9.49. The summed E-state index contributed by atoms with van der Waals surface area (Å²) in [5.41, 5.74) is 11.6. The van der Waals surface area contributed by atoms with Crippen LogP contribution in [0, 0.1) is 0 Å². The van der Waals surface area contributed by atoms with Crippen LogP contribution in [0.15, 0.2) is 126 Å². The highest BCUT2D eigenvalue weighted by Gasteiger charge is 2.56. The smallest absolute Gasteiger partial charge is 0.338 e. The van der Waals surface area contributed by atoms with Crippen molar-refractivity contribution in [1.82, 2.24) is 0 Å². The molecule has 0 radical (unpaired) electrons. The van der Waals surface area contributed by atoms with E-state index >= 15 is 0 Å². The molecule has 0 unspecified atom stereocenters. The van der Waals surface area contributed by atoms with E-state index in [1.165, 1.54) is 19.2 Å². The summed E-state index contributed by atoms with van der Waals surface area (Å²) in [5, 5.41) is 15.6. The Kier molecular flexibility index (Phi) is 14.9. The van der Waals surface area contributed by atoms with E-state index in [4.69, 9.17) is 42.6 Å². The molecule has 2 saturated heterocycles. The van der Waals surface area contributed by atoms with Crippen molar-refractivity contribution in [2.75, 3.05) is 20.8 Å². The largest absolute Gasteiger partial charge is 0.467 e. The number of hydrogen-bond acceptors (Lipinski definition) is 14. The second-order valence-corrected chi connectivity index (χ2v) is 13.2. The number of aliphatic hydroxyl groups excluding tert-OH is 1. The molecule has 0 bridgehead atoms. The van der Waals surface area contributed by atoms with Gasteiger partial charge < -0.3 is 47.7 Å². The van der Waals surface area contributed by atoms with Crippen LogP contribution >= 0.6 is 0 Å². The van der Waals surface area contributed by atoms with Crippen LogP contribution in [-0.2, 0) is 60.6 Å². The minimum Gasteiger partial charge on any atom is -0.467 e. The lowest BCUT2D eigenvalue weighted by Gasteiger charge is -2.48. The molecule has 2 heterocycles. The Morgan fingerprint density at radius 1 is 0.690 bits per heavy atom. The summed E-state index contributed by atoms with van der Waals surface area (Å²) in [6.07, 6.45) is -13.2. The molecule has 304 valence electrons. The predicted molar refractivity (Wildman–Crippen MR) is 203 cm³/mol. The van der Waals surface area contributed by atoms with Gasteiger partial charge in [-0.3, -0.25) is 0 Å². The van der Waals surface area contributed by atoms with Crippen LogP contribution in [0.4, 0.5) is 0 Å². The summed E-state index contributed by atoms with van der Waals surface area (Å²) in [6.45, 7) is -0.533. The average molecular weight is 798 g/mol. The van der Waals surface area contributed by atoms with E-state index in [1.807, 2.05) is 36.4 Å². The number of rotatable bonds is 16. The highest BCUT2D eigenvalue weighted by molar-refractivity contribution is 5.90. The van der Waals surface area contributed by atoms with E-state index in [9.17, 15) is 25.0 Å². The second-order valence-electron chi connectivity index (χ2n) is 13.2. The van der Waals surface area contributed by atoms with Gasteiger partial charge in [0.15, 0.2) is 24.8 Å². The Balaban J connectivity index is 1.41. The molecule has 16 nitrogen and oxygen atoms in total. The van der Waals surface area contributed by atoms with Gasteiger partial charge in [-0.1, -0.05) is 102 Å².